The lowest BCUT2D eigenvalue weighted by Crippen LogP contribution is -1.99. The molecule has 138 valence electrons. The standard InChI is InChI=1S/C22H19N5O/c1-16-14-21(27-26-16)24-20-15-22(28-18-10-6-3-7-11-18)25-19(23-20)13-12-17-8-4-2-5-9-17/h2-15H,1H3,(H2,23,24,25,26,27). The molecule has 6 nitrogen and oxygen atoms in total. The molecule has 0 saturated heterocycles. The predicted molar refractivity (Wildman–Crippen MR) is 111 cm³/mol. The second-order valence-electron chi connectivity index (χ2n) is 6.17. The van der Waals surface area contributed by atoms with E-state index >= 15 is 0 Å². The normalized spacial score (nSPS) is 10.9. The van der Waals surface area contributed by atoms with E-state index in [0.29, 0.717) is 29.1 Å². The summed E-state index contributed by atoms with van der Waals surface area (Å²) in [5.74, 6) is 2.97. The van der Waals surface area contributed by atoms with E-state index in [1.807, 2.05) is 85.8 Å². The van der Waals surface area contributed by atoms with Crippen LogP contribution in [0.4, 0.5) is 11.6 Å². The third-order valence-corrected chi connectivity index (χ3v) is 3.87. The van der Waals surface area contributed by atoms with Gasteiger partial charge in [-0.05, 0) is 30.7 Å². The van der Waals surface area contributed by atoms with Crippen molar-refractivity contribution in [2.75, 3.05) is 5.32 Å². The maximum Gasteiger partial charge on any atom is 0.224 e. The maximum atomic E-state index is 5.90. The SMILES string of the molecule is Cc1cc(Nc2cc(Oc3ccccc3)nc(C=Cc3ccccc3)n2)n[nH]1. The highest BCUT2D eigenvalue weighted by atomic mass is 16.5. The fourth-order valence-electron chi connectivity index (χ4n) is 2.59. The zero-order chi connectivity index (χ0) is 19.2. The molecule has 0 aliphatic carbocycles. The maximum absolute atomic E-state index is 5.90. The lowest BCUT2D eigenvalue weighted by atomic mass is 10.2. The molecule has 2 aromatic carbocycles. The van der Waals surface area contributed by atoms with Crippen molar-refractivity contribution >= 4 is 23.8 Å². The fourth-order valence-corrected chi connectivity index (χ4v) is 2.59. The number of aromatic nitrogens is 4. The van der Waals surface area contributed by atoms with E-state index in [9.17, 15) is 0 Å². The average Bonchev–Trinajstić information content (AvgIpc) is 3.12. The Labute approximate surface area is 163 Å². The Morgan fingerprint density at radius 3 is 2.32 bits per heavy atom. The van der Waals surface area contributed by atoms with Gasteiger partial charge in [-0.25, -0.2) is 4.98 Å². The smallest absolute Gasteiger partial charge is 0.224 e. The van der Waals surface area contributed by atoms with E-state index in [1.165, 1.54) is 0 Å². The summed E-state index contributed by atoms with van der Waals surface area (Å²) in [5, 5.41) is 10.3. The van der Waals surface area contributed by atoms with Gasteiger partial charge in [0, 0.05) is 17.8 Å². The number of benzene rings is 2. The Morgan fingerprint density at radius 2 is 1.61 bits per heavy atom. The number of nitrogens with one attached hydrogen (secondary N) is 2. The number of ether oxygens (including phenoxy) is 1. The molecule has 0 unspecified atom stereocenters. The van der Waals surface area contributed by atoms with Crippen LogP contribution in [0.3, 0.4) is 0 Å². The Morgan fingerprint density at radius 1 is 0.857 bits per heavy atom. The van der Waals surface area contributed by atoms with Gasteiger partial charge in [-0.2, -0.15) is 10.1 Å². The largest absolute Gasteiger partial charge is 0.439 e. The van der Waals surface area contributed by atoms with Crippen molar-refractivity contribution in [3.8, 4) is 11.6 Å². The Balaban J connectivity index is 1.64. The molecule has 4 rings (SSSR count). The third-order valence-electron chi connectivity index (χ3n) is 3.87. The van der Waals surface area contributed by atoms with Gasteiger partial charge in [-0.3, -0.25) is 5.10 Å². The molecule has 4 aromatic rings. The molecular weight excluding hydrogens is 350 g/mol. The minimum Gasteiger partial charge on any atom is -0.439 e. The highest BCUT2D eigenvalue weighted by Crippen LogP contribution is 2.23. The molecule has 6 heteroatoms. The Kier molecular flexibility index (Phi) is 5.11. The van der Waals surface area contributed by atoms with E-state index in [-0.39, 0.29) is 0 Å². The van der Waals surface area contributed by atoms with E-state index in [1.54, 1.807) is 6.07 Å². The van der Waals surface area contributed by atoms with Crippen molar-refractivity contribution in [1.82, 2.24) is 20.2 Å². The molecule has 0 aliphatic heterocycles. The summed E-state index contributed by atoms with van der Waals surface area (Å²) in [6.07, 6.45) is 3.82. The van der Waals surface area contributed by atoms with Crippen LogP contribution in [-0.4, -0.2) is 20.2 Å². The van der Waals surface area contributed by atoms with Gasteiger partial charge in [-0.1, -0.05) is 54.6 Å². The van der Waals surface area contributed by atoms with Crippen LogP contribution in [0.2, 0.25) is 0 Å². The summed E-state index contributed by atoms with van der Waals surface area (Å²) in [6, 6.07) is 23.2. The zero-order valence-corrected chi connectivity index (χ0v) is 15.3. The lowest BCUT2D eigenvalue weighted by Gasteiger charge is -2.08. The van der Waals surface area contributed by atoms with Gasteiger partial charge < -0.3 is 10.1 Å². The van der Waals surface area contributed by atoms with Crippen molar-refractivity contribution in [3.05, 3.63) is 89.9 Å². The summed E-state index contributed by atoms with van der Waals surface area (Å²) in [5.41, 5.74) is 2.03. The molecule has 0 spiro atoms. The fraction of sp³-hybridized carbons (Fsp3) is 0.0455. The van der Waals surface area contributed by atoms with Gasteiger partial charge in [0.05, 0.1) is 0 Å². The number of aryl methyl sites for hydroxylation is 1. The molecule has 0 bridgehead atoms. The first-order chi connectivity index (χ1) is 13.7. The van der Waals surface area contributed by atoms with E-state index < -0.39 is 0 Å². The molecule has 28 heavy (non-hydrogen) atoms. The van der Waals surface area contributed by atoms with Crippen LogP contribution >= 0.6 is 0 Å². The summed E-state index contributed by atoms with van der Waals surface area (Å²) < 4.78 is 5.90. The zero-order valence-electron chi connectivity index (χ0n) is 15.3. The summed E-state index contributed by atoms with van der Waals surface area (Å²) >= 11 is 0. The van der Waals surface area contributed by atoms with Crippen LogP contribution in [0, 0.1) is 6.92 Å². The molecule has 0 radical (unpaired) electrons. The van der Waals surface area contributed by atoms with E-state index in [0.717, 1.165) is 11.3 Å². The van der Waals surface area contributed by atoms with Gasteiger partial charge in [0.2, 0.25) is 5.88 Å². The van der Waals surface area contributed by atoms with E-state index in [2.05, 4.69) is 25.5 Å². The van der Waals surface area contributed by atoms with Gasteiger partial charge in [-0.15, -0.1) is 0 Å². The second-order valence-corrected chi connectivity index (χ2v) is 6.17. The van der Waals surface area contributed by atoms with Crippen molar-refractivity contribution < 1.29 is 4.74 Å². The van der Waals surface area contributed by atoms with E-state index in [4.69, 9.17) is 4.74 Å². The highest BCUT2D eigenvalue weighted by molar-refractivity contribution is 5.67. The molecule has 2 aromatic heterocycles. The lowest BCUT2D eigenvalue weighted by molar-refractivity contribution is 0.461. The van der Waals surface area contributed by atoms with Crippen LogP contribution in [0.25, 0.3) is 12.2 Å². The Hall–Kier alpha value is -3.93. The number of anilines is 2. The molecule has 0 saturated carbocycles. The predicted octanol–water partition coefficient (Wildman–Crippen LogP) is 5.21. The monoisotopic (exact) mass is 369 g/mol. The number of aromatic amines is 1. The van der Waals surface area contributed by atoms with Crippen LogP contribution < -0.4 is 10.1 Å². The van der Waals surface area contributed by atoms with Gasteiger partial charge in [0.1, 0.15) is 11.6 Å². The van der Waals surface area contributed by atoms with Gasteiger partial charge in [0.25, 0.3) is 0 Å². The average molecular weight is 369 g/mol. The molecule has 0 fully saturated rings. The molecule has 2 N–H and O–H groups in total. The number of rotatable bonds is 6. The summed E-state index contributed by atoms with van der Waals surface area (Å²) in [6.45, 7) is 1.94. The quantitative estimate of drug-likeness (QED) is 0.488. The topological polar surface area (TPSA) is 75.7 Å². The van der Waals surface area contributed by atoms with Gasteiger partial charge in [0.15, 0.2) is 11.6 Å². The minimum atomic E-state index is 0.448. The first-order valence-corrected chi connectivity index (χ1v) is 8.89. The van der Waals surface area contributed by atoms with Crippen molar-refractivity contribution in [1.29, 1.82) is 0 Å². The highest BCUT2D eigenvalue weighted by Gasteiger charge is 2.07. The number of nitrogens with zero attached hydrogens (tertiary/aromatic N) is 3. The van der Waals surface area contributed by atoms with Crippen molar-refractivity contribution in [2.45, 2.75) is 6.92 Å². The van der Waals surface area contributed by atoms with Crippen LogP contribution in [-0.2, 0) is 0 Å². The first-order valence-electron chi connectivity index (χ1n) is 8.89. The number of hydrogen-bond donors (Lipinski definition) is 2. The molecule has 2 heterocycles. The summed E-state index contributed by atoms with van der Waals surface area (Å²) in [7, 11) is 0. The first kappa shape index (κ1) is 17.5. The number of H-pyrrole nitrogens is 1. The Bertz CT molecular complexity index is 1070. The van der Waals surface area contributed by atoms with Gasteiger partial charge >= 0.3 is 0 Å². The molecule has 0 amide bonds. The van der Waals surface area contributed by atoms with Crippen molar-refractivity contribution in [3.63, 3.8) is 0 Å². The number of hydrogen-bond acceptors (Lipinski definition) is 5. The second kappa shape index (κ2) is 8.18. The van der Waals surface area contributed by atoms with Crippen LogP contribution in [0.15, 0.2) is 72.8 Å². The van der Waals surface area contributed by atoms with Crippen LogP contribution in [0.1, 0.15) is 17.1 Å². The molecule has 0 aliphatic rings. The van der Waals surface area contributed by atoms with Crippen molar-refractivity contribution in [2.24, 2.45) is 0 Å². The van der Waals surface area contributed by atoms with Crippen LogP contribution in [0.5, 0.6) is 11.6 Å². The molecule has 0 atom stereocenters. The molecular formula is C22H19N5O. The number of para-hydroxylation sites is 1. The third kappa shape index (κ3) is 4.62. The summed E-state index contributed by atoms with van der Waals surface area (Å²) in [4.78, 5) is 9.05. The minimum absolute atomic E-state index is 0.448.